The normalized spacial score (nSPS) is 9.64. The van der Waals surface area contributed by atoms with E-state index in [-0.39, 0.29) is 0 Å². The molecule has 0 aliphatic heterocycles. The van der Waals surface area contributed by atoms with Crippen molar-refractivity contribution in [3.63, 3.8) is 0 Å². The lowest BCUT2D eigenvalue weighted by Crippen LogP contribution is -1.78. The third kappa shape index (κ3) is 2.01. The van der Waals surface area contributed by atoms with Gasteiger partial charge in [-0.1, -0.05) is 18.2 Å². The van der Waals surface area contributed by atoms with E-state index >= 15 is 0 Å². The van der Waals surface area contributed by atoms with Crippen LogP contribution in [0.5, 0.6) is 0 Å². The smallest absolute Gasteiger partial charge is 0.0412 e. The molecule has 0 nitrogen and oxygen atoms in total. The van der Waals surface area contributed by atoms with Crippen LogP contribution in [0.2, 0.25) is 5.02 Å². The molecule has 0 aromatic heterocycles. The molecule has 0 aliphatic rings. The number of hydrogen-bond acceptors (Lipinski definition) is 1. The van der Waals surface area contributed by atoms with Gasteiger partial charge >= 0.3 is 0 Å². The number of hydrogen-bond donors (Lipinski definition) is 0. The van der Waals surface area contributed by atoms with Gasteiger partial charge in [0.1, 0.15) is 0 Å². The Kier molecular flexibility index (Phi) is 3.03. The third-order valence-electron chi connectivity index (χ3n) is 1.35. The third-order valence-corrected chi connectivity index (χ3v) is 2.38. The fraction of sp³-hybridized carbons (Fsp3) is 0.111. The Morgan fingerprint density at radius 3 is 2.82 bits per heavy atom. The van der Waals surface area contributed by atoms with Gasteiger partial charge in [0.15, 0.2) is 0 Å². The molecule has 2 heteroatoms. The molecule has 1 radical (unpaired) electrons. The molecule has 1 rings (SSSR count). The van der Waals surface area contributed by atoms with Crippen LogP contribution in [0.15, 0.2) is 29.7 Å². The molecule has 0 saturated heterocycles. The summed E-state index contributed by atoms with van der Waals surface area (Å²) in [5.41, 5.74) is 0.977. The van der Waals surface area contributed by atoms with Gasteiger partial charge in [0.05, 0.1) is 0 Å². The molecular formula is C9H8ClS. The van der Waals surface area contributed by atoms with E-state index in [0.29, 0.717) is 0 Å². The molecule has 0 aliphatic carbocycles. The standard InChI is InChI=1S/C9H8ClS/c1-3-7-6-8(10)4-5-9(7)11-2/h4-6H,1H2,2H3. The van der Waals surface area contributed by atoms with Gasteiger partial charge in [-0.05, 0) is 36.1 Å². The van der Waals surface area contributed by atoms with Gasteiger partial charge in [0.2, 0.25) is 0 Å². The van der Waals surface area contributed by atoms with Crippen LogP contribution >= 0.6 is 23.4 Å². The zero-order chi connectivity index (χ0) is 8.27. The van der Waals surface area contributed by atoms with Crippen molar-refractivity contribution in [2.24, 2.45) is 0 Å². The molecular weight excluding hydrogens is 176 g/mol. The van der Waals surface area contributed by atoms with Crippen LogP contribution in [-0.4, -0.2) is 6.26 Å². The van der Waals surface area contributed by atoms with Crippen LogP contribution < -0.4 is 0 Å². The van der Waals surface area contributed by atoms with Crippen molar-refractivity contribution in [1.82, 2.24) is 0 Å². The second-order valence-corrected chi connectivity index (χ2v) is 3.31. The molecule has 0 fully saturated rings. The maximum Gasteiger partial charge on any atom is 0.0412 e. The molecule has 57 valence electrons. The van der Waals surface area contributed by atoms with Gasteiger partial charge in [0.25, 0.3) is 0 Å². The summed E-state index contributed by atoms with van der Waals surface area (Å²) in [6.07, 6.45) is 4.85. The Bertz CT molecular complexity index is 268. The van der Waals surface area contributed by atoms with E-state index in [1.54, 1.807) is 11.8 Å². The summed E-state index contributed by atoms with van der Waals surface area (Å²) >= 11 is 7.44. The molecule has 0 saturated carbocycles. The maximum atomic E-state index is 5.78. The predicted octanol–water partition coefficient (Wildman–Crippen LogP) is 3.40. The van der Waals surface area contributed by atoms with Crippen molar-refractivity contribution >= 4 is 23.4 Å². The van der Waals surface area contributed by atoms with Gasteiger partial charge in [-0.15, -0.1) is 11.8 Å². The summed E-state index contributed by atoms with van der Waals surface area (Å²) < 4.78 is 0. The monoisotopic (exact) mass is 183 g/mol. The molecule has 0 unspecified atom stereocenters. The van der Waals surface area contributed by atoms with Crippen molar-refractivity contribution in [3.8, 4) is 0 Å². The van der Waals surface area contributed by atoms with Crippen LogP contribution in [0, 0.1) is 6.08 Å². The molecule has 1 aromatic carbocycles. The zero-order valence-corrected chi connectivity index (χ0v) is 7.80. The Morgan fingerprint density at radius 1 is 1.55 bits per heavy atom. The zero-order valence-electron chi connectivity index (χ0n) is 6.23. The minimum absolute atomic E-state index is 0.731. The Hall–Kier alpha value is -0.400. The molecule has 1 aromatic rings. The van der Waals surface area contributed by atoms with Crippen molar-refractivity contribution in [3.05, 3.63) is 41.4 Å². The number of rotatable bonds is 2. The molecule has 11 heavy (non-hydrogen) atoms. The van der Waals surface area contributed by atoms with E-state index in [0.717, 1.165) is 15.5 Å². The highest BCUT2D eigenvalue weighted by Crippen LogP contribution is 2.23. The van der Waals surface area contributed by atoms with Gasteiger partial charge in [-0.2, -0.15) is 0 Å². The van der Waals surface area contributed by atoms with Crippen molar-refractivity contribution in [1.29, 1.82) is 0 Å². The van der Waals surface area contributed by atoms with Crippen molar-refractivity contribution < 1.29 is 0 Å². The fourth-order valence-electron chi connectivity index (χ4n) is 0.818. The molecule has 0 spiro atoms. The van der Waals surface area contributed by atoms with Gasteiger partial charge in [0, 0.05) is 9.92 Å². The molecule has 0 N–H and O–H groups in total. The van der Waals surface area contributed by atoms with Gasteiger partial charge in [-0.3, -0.25) is 0 Å². The van der Waals surface area contributed by atoms with E-state index in [9.17, 15) is 0 Å². The first-order chi connectivity index (χ1) is 5.27. The maximum absolute atomic E-state index is 5.78. The van der Waals surface area contributed by atoms with Crippen LogP contribution in [0.3, 0.4) is 0 Å². The quantitative estimate of drug-likeness (QED) is 0.634. The summed E-state index contributed by atoms with van der Waals surface area (Å²) in [5.74, 6) is 0. The summed E-state index contributed by atoms with van der Waals surface area (Å²) in [5, 5.41) is 0.731. The average Bonchev–Trinajstić information content (AvgIpc) is 2.04. The highest BCUT2D eigenvalue weighted by atomic mass is 35.5. The summed E-state index contributed by atoms with van der Waals surface area (Å²) in [7, 11) is 0. The van der Waals surface area contributed by atoms with Crippen LogP contribution in [-0.2, 0) is 0 Å². The average molecular weight is 184 g/mol. The molecule has 0 amide bonds. The molecule has 0 bridgehead atoms. The second-order valence-electron chi connectivity index (χ2n) is 2.02. The largest absolute Gasteiger partial charge is 0.129 e. The number of halogens is 1. The summed E-state index contributed by atoms with van der Waals surface area (Å²) in [6.45, 7) is 3.58. The minimum Gasteiger partial charge on any atom is -0.129 e. The lowest BCUT2D eigenvalue weighted by atomic mass is 10.2. The van der Waals surface area contributed by atoms with Crippen molar-refractivity contribution in [2.75, 3.05) is 6.26 Å². The van der Waals surface area contributed by atoms with E-state index < -0.39 is 0 Å². The Balaban J connectivity index is 3.16. The lowest BCUT2D eigenvalue weighted by Gasteiger charge is -2.00. The number of benzene rings is 1. The fourth-order valence-corrected chi connectivity index (χ4v) is 1.55. The van der Waals surface area contributed by atoms with E-state index in [1.807, 2.05) is 24.5 Å². The first kappa shape index (κ1) is 8.69. The Morgan fingerprint density at radius 2 is 2.27 bits per heavy atom. The van der Waals surface area contributed by atoms with Gasteiger partial charge in [-0.25, -0.2) is 0 Å². The molecule has 0 heterocycles. The van der Waals surface area contributed by atoms with E-state index in [1.165, 1.54) is 0 Å². The van der Waals surface area contributed by atoms with Crippen LogP contribution in [0.25, 0.3) is 0 Å². The lowest BCUT2D eigenvalue weighted by molar-refractivity contribution is 1.38. The van der Waals surface area contributed by atoms with Crippen molar-refractivity contribution in [2.45, 2.75) is 4.90 Å². The first-order valence-electron chi connectivity index (χ1n) is 3.14. The topological polar surface area (TPSA) is 0 Å². The van der Waals surface area contributed by atoms with E-state index in [4.69, 9.17) is 11.6 Å². The van der Waals surface area contributed by atoms with E-state index in [2.05, 4.69) is 12.7 Å². The highest BCUT2D eigenvalue weighted by Gasteiger charge is 1.97. The van der Waals surface area contributed by atoms with Crippen LogP contribution in [0.4, 0.5) is 0 Å². The summed E-state index contributed by atoms with van der Waals surface area (Å²) in [6, 6.07) is 5.70. The molecule has 0 atom stereocenters. The number of thioether (sulfide) groups is 1. The first-order valence-corrected chi connectivity index (χ1v) is 4.75. The second kappa shape index (κ2) is 3.84. The minimum atomic E-state index is 0.731. The Labute approximate surface area is 76.3 Å². The summed E-state index contributed by atoms with van der Waals surface area (Å²) in [4.78, 5) is 1.16. The van der Waals surface area contributed by atoms with Gasteiger partial charge < -0.3 is 0 Å². The van der Waals surface area contributed by atoms with Crippen LogP contribution in [0.1, 0.15) is 5.56 Å². The predicted molar refractivity (Wildman–Crippen MR) is 51.2 cm³/mol. The SMILES string of the molecule is C=[C]c1cc(Cl)ccc1SC. The highest BCUT2D eigenvalue weighted by molar-refractivity contribution is 7.98.